The number of anilines is 2. The Bertz CT molecular complexity index is 460. The Kier molecular flexibility index (Phi) is 4.46. The van der Waals surface area contributed by atoms with Crippen molar-refractivity contribution in [3.63, 3.8) is 0 Å². The molecule has 1 saturated heterocycles. The molecule has 1 fully saturated rings. The van der Waals surface area contributed by atoms with Gasteiger partial charge in [0.05, 0.1) is 10.0 Å². The molecule has 0 bridgehead atoms. The van der Waals surface area contributed by atoms with Gasteiger partial charge in [-0.2, -0.15) is 0 Å². The second-order valence-corrected chi connectivity index (χ2v) is 6.69. The van der Waals surface area contributed by atoms with Crippen molar-refractivity contribution >= 4 is 34.8 Å². The van der Waals surface area contributed by atoms with Gasteiger partial charge in [-0.1, -0.05) is 37.0 Å². The molecule has 0 spiro atoms. The van der Waals surface area contributed by atoms with Crippen LogP contribution in [0.5, 0.6) is 0 Å². The Morgan fingerprint density at radius 2 is 1.95 bits per heavy atom. The van der Waals surface area contributed by atoms with Gasteiger partial charge in [-0.3, -0.25) is 0 Å². The van der Waals surface area contributed by atoms with Gasteiger partial charge in [-0.05, 0) is 30.7 Å². The Morgan fingerprint density at radius 3 is 2.63 bits per heavy atom. The lowest BCUT2D eigenvalue weighted by molar-refractivity contribution is 0.325. The molecule has 3 nitrogen and oxygen atoms in total. The molecule has 0 radical (unpaired) electrons. The Balaban J connectivity index is 2.26. The summed E-state index contributed by atoms with van der Waals surface area (Å²) in [5.41, 5.74) is 0.402. The summed E-state index contributed by atoms with van der Waals surface area (Å²) in [6, 6.07) is 1.77. The van der Waals surface area contributed by atoms with Crippen molar-refractivity contribution in [1.29, 1.82) is 0 Å². The summed E-state index contributed by atoms with van der Waals surface area (Å²) >= 11 is 12.4. The third-order valence-electron chi connectivity index (χ3n) is 3.79. The molecule has 1 N–H and O–H groups in total. The molecule has 1 aromatic rings. The molecular weight excluding hydrogens is 281 g/mol. The molecule has 1 aliphatic heterocycles. The minimum absolute atomic E-state index is 0.402. The number of halogens is 2. The molecule has 0 aliphatic carbocycles. The monoisotopic (exact) mass is 301 g/mol. The van der Waals surface area contributed by atoms with Gasteiger partial charge in [0.2, 0.25) is 0 Å². The lowest BCUT2D eigenvalue weighted by Crippen LogP contribution is -2.26. The maximum atomic E-state index is 6.30. The van der Waals surface area contributed by atoms with Gasteiger partial charge < -0.3 is 10.2 Å². The topological polar surface area (TPSA) is 28.2 Å². The Morgan fingerprint density at radius 1 is 1.21 bits per heavy atom. The second-order valence-electron chi connectivity index (χ2n) is 5.88. The van der Waals surface area contributed by atoms with Gasteiger partial charge in [0, 0.05) is 20.1 Å². The van der Waals surface area contributed by atoms with Crippen LogP contribution in [0.3, 0.4) is 0 Å². The first-order valence-electron chi connectivity index (χ1n) is 6.72. The van der Waals surface area contributed by atoms with Crippen LogP contribution < -0.4 is 10.2 Å². The van der Waals surface area contributed by atoms with E-state index in [1.165, 1.54) is 12.8 Å². The third-order valence-corrected chi connectivity index (χ3v) is 4.35. The van der Waals surface area contributed by atoms with E-state index in [2.05, 4.69) is 29.0 Å². The lowest BCUT2D eigenvalue weighted by atomic mass is 9.85. The highest BCUT2D eigenvalue weighted by Gasteiger charge is 2.25. The van der Waals surface area contributed by atoms with Crippen molar-refractivity contribution in [3.8, 4) is 0 Å². The van der Waals surface area contributed by atoms with E-state index in [0.717, 1.165) is 25.3 Å². The normalized spacial score (nSPS) is 19.1. The molecule has 1 aliphatic rings. The quantitative estimate of drug-likeness (QED) is 0.875. The van der Waals surface area contributed by atoms with Crippen molar-refractivity contribution in [2.45, 2.75) is 33.1 Å². The van der Waals surface area contributed by atoms with Crippen LogP contribution >= 0.6 is 23.2 Å². The highest BCUT2D eigenvalue weighted by Crippen LogP contribution is 2.35. The third kappa shape index (κ3) is 3.46. The maximum absolute atomic E-state index is 6.30. The predicted octanol–water partition coefficient (Wildman–Crippen LogP) is 4.45. The first kappa shape index (κ1) is 14.7. The summed E-state index contributed by atoms with van der Waals surface area (Å²) in [6.45, 7) is 6.64. The van der Waals surface area contributed by atoms with Crippen molar-refractivity contribution in [2.24, 2.45) is 5.41 Å². The van der Waals surface area contributed by atoms with E-state index < -0.39 is 0 Å². The molecule has 0 unspecified atom stereocenters. The number of hydrogen-bond donors (Lipinski definition) is 1. The standard InChI is InChI=1S/C14H21Cl2N3/c1-14(2)5-4-7-19(8-6-14)13-11(16)9-10(15)12(17-3)18-13/h9H,4-8H2,1-3H3,(H,17,18). The van der Waals surface area contributed by atoms with Crippen molar-refractivity contribution < 1.29 is 0 Å². The zero-order valence-electron chi connectivity index (χ0n) is 11.8. The summed E-state index contributed by atoms with van der Waals surface area (Å²) in [5.74, 6) is 1.53. The minimum atomic E-state index is 0.402. The van der Waals surface area contributed by atoms with Crippen molar-refractivity contribution in [3.05, 3.63) is 16.1 Å². The zero-order valence-corrected chi connectivity index (χ0v) is 13.3. The molecule has 2 heterocycles. The van der Waals surface area contributed by atoms with E-state index in [1.54, 1.807) is 6.07 Å². The van der Waals surface area contributed by atoms with Crippen LogP contribution in [0.4, 0.5) is 11.6 Å². The molecule has 1 aromatic heterocycles. The molecule has 2 rings (SSSR count). The van der Waals surface area contributed by atoms with Gasteiger partial charge in [-0.25, -0.2) is 4.98 Å². The average molecular weight is 302 g/mol. The molecule has 106 valence electrons. The summed E-state index contributed by atoms with van der Waals surface area (Å²) in [7, 11) is 1.82. The predicted molar refractivity (Wildman–Crippen MR) is 83.6 cm³/mol. The largest absolute Gasteiger partial charge is 0.372 e. The fourth-order valence-corrected chi connectivity index (χ4v) is 3.06. The molecular formula is C14H21Cl2N3. The number of pyridine rings is 1. The van der Waals surface area contributed by atoms with Gasteiger partial charge >= 0.3 is 0 Å². The fraction of sp³-hybridized carbons (Fsp3) is 0.643. The second kappa shape index (κ2) is 5.76. The van der Waals surface area contributed by atoms with Crippen LogP contribution in [-0.2, 0) is 0 Å². The van der Waals surface area contributed by atoms with E-state index in [0.29, 0.717) is 21.3 Å². The number of nitrogens with one attached hydrogen (secondary N) is 1. The molecule has 0 aromatic carbocycles. The van der Waals surface area contributed by atoms with Crippen LogP contribution in [0.1, 0.15) is 33.1 Å². The van der Waals surface area contributed by atoms with Crippen LogP contribution in [0, 0.1) is 5.41 Å². The van der Waals surface area contributed by atoms with E-state index in [-0.39, 0.29) is 0 Å². The highest BCUT2D eigenvalue weighted by molar-refractivity contribution is 6.37. The van der Waals surface area contributed by atoms with Crippen LogP contribution in [-0.4, -0.2) is 25.1 Å². The Hall–Kier alpha value is -0.670. The molecule has 5 heteroatoms. The maximum Gasteiger partial charge on any atom is 0.149 e. The van der Waals surface area contributed by atoms with Gasteiger partial charge in [0.15, 0.2) is 0 Å². The molecule has 0 atom stereocenters. The molecule has 0 saturated carbocycles. The highest BCUT2D eigenvalue weighted by atomic mass is 35.5. The summed E-state index contributed by atoms with van der Waals surface area (Å²) in [4.78, 5) is 6.83. The lowest BCUT2D eigenvalue weighted by Gasteiger charge is -2.25. The fourth-order valence-electron chi connectivity index (χ4n) is 2.49. The van der Waals surface area contributed by atoms with Crippen LogP contribution in [0.2, 0.25) is 10.0 Å². The summed E-state index contributed by atoms with van der Waals surface area (Å²) < 4.78 is 0. The smallest absolute Gasteiger partial charge is 0.149 e. The summed E-state index contributed by atoms with van der Waals surface area (Å²) in [6.07, 6.45) is 3.57. The van der Waals surface area contributed by atoms with Crippen LogP contribution in [0.15, 0.2) is 6.07 Å². The minimum Gasteiger partial charge on any atom is -0.372 e. The molecule has 0 amide bonds. The number of rotatable bonds is 2. The average Bonchev–Trinajstić information content (AvgIpc) is 2.51. The zero-order chi connectivity index (χ0) is 14.0. The first-order valence-corrected chi connectivity index (χ1v) is 7.47. The van der Waals surface area contributed by atoms with Crippen molar-refractivity contribution in [2.75, 3.05) is 30.4 Å². The number of aromatic nitrogens is 1. The number of hydrogen-bond acceptors (Lipinski definition) is 3. The van der Waals surface area contributed by atoms with Gasteiger partial charge in [0.1, 0.15) is 11.6 Å². The van der Waals surface area contributed by atoms with E-state index in [4.69, 9.17) is 23.2 Å². The summed E-state index contributed by atoms with van der Waals surface area (Å²) in [5, 5.41) is 4.20. The van der Waals surface area contributed by atoms with E-state index in [9.17, 15) is 0 Å². The SMILES string of the molecule is CNc1nc(N2CCCC(C)(C)CC2)c(Cl)cc1Cl. The van der Waals surface area contributed by atoms with Crippen LogP contribution in [0.25, 0.3) is 0 Å². The Labute approximate surface area is 125 Å². The van der Waals surface area contributed by atoms with Crippen molar-refractivity contribution in [1.82, 2.24) is 4.98 Å². The van der Waals surface area contributed by atoms with E-state index >= 15 is 0 Å². The molecule has 19 heavy (non-hydrogen) atoms. The van der Waals surface area contributed by atoms with Gasteiger partial charge in [-0.15, -0.1) is 0 Å². The van der Waals surface area contributed by atoms with E-state index in [1.807, 2.05) is 7.05 Å². The first-order chi connectivity index (χ1) is 8.93. The van der Waals surface area contributed by atoms with Gasteiger partial charge in [0.25, 0.3) is 0 Å². The number of nitrogens with zero attached hydrogens (tertiary/aromatic N) is 2.